The van der Waals surface area contributed by atoms with Gasteiger partial charge in [-0.1, -0.05) is 29.3 Å². The van der Waals surface area contributed by atoms with E-state index in [0.29, 0.717) is 27.7 Å². The summed E-state index contributed by atoms with van der Waals surface area (Å²) in [5.41, 5.74) is 6.06. The maximum atomic E-state index is 12.2. The van der Waals surface area contributed by atoms with Crippen LogP contribution < -0.4 is 25.7 Å². The molecule has 0 saturated carbocycles. The predicted molar refractivity (Wildman–Crippen MR) is 115 cm³/mol. The molecule has 0 unspecified atom stereocenters. The number of rotatable bonds is 3. The average Bonchev–Trinajstić information content (AvgIpc) is 2.67. The van der Waals surface area contributed by atoms with Crippen molar-refractivity contribution in [2.45, 2.75) is 19.0 Å². The summed E-state index contributed by atoms with van der Waals surface area (Å²) in [4.78, 5) is 14.1. The van der Waals surface area contributed by atoms with Crippen LogP contribution in [0, 0.1) is 0 Å². The third-order valence-corrected chi connectivity index (χ3v) is 5.97. The second-order valence-electron chi connectivity index (χ2n) is 7.33. The Hall–Kier alpha value is -2.48. The van der Waals surface area contributed by atoms with Crippen LogP contribution in [0.15, 0.2) is 35.4 Å². The van der Waals surface area contributed by atoms with Crippen LogP contribution in [0.1, 0.15) is 6.92 Å². The third kappa shape index (κ3) is 3.19. The molecule has 1 amide bonds. The first kappa shape index (κ1) is 18.5. The minimum atomic E-state index is -0.381. The molecule has 1 fully saturated rings. The van der Waals surface area contributed by atoms with Gasteiger partial charge in [-0.15, -0.1) is 0 Å². The number of hydrazone groups is 1. The molecule has 2 aromatic carbocycles. The molecule has 0 bridgehead atoms. The van der Waals surface area contributed by atoms with Gasteiger partial charge < -0.3 is 20.3 Å². The van der Waals surface area contributed by atoms with Crippen LogP contribution in [0.25, 0.3) is 11.1 Å². The lowest BCUT2D eigenvalue weighted by molar-refractivity contribution is -0.122. The van der Waals surface area contributed by atoms with Gasteiger partial charge in [-0.2, -0.15) is 5.10 Å². The molecule has 9 heteroatoms. The summed E-state index contributed by atoms with van der Waals surface area (Å²) in [7, 11) is 0. The number of fused-ring (bicyclic) bond motifs is 3. The Morgan fingerprint density at radius 3 is 2.76 bits per heavy atom. The van der Waals surface area contributed by atoms with Crippen molar-refractivity contribution in [1.82, 2.24) is 10.7 Å². The molecule has 1 atom stereocenters. The van der Waals surface area contributed by atoms with Crippen molar-refractivity contribution in [2.24, 2.45) is 5.10 Å². The van der Waals surface area contributed by atoms with Gasteiger partial charge in [0.15, 0.2) is 5.84 Å². The fourth-order valence-electron chi connectivity index (χ4n) is 3.73. The lowest BCUT2D eigenvalue weighted by Crippen LogP contribution is -2.55. The molecule has 29 heavy (non-hydrogen) atoms. The molecule has 150 valence electrons. The topological polar surface area (TPSA) is 78.0 Å². The summed E-state index contributed by atoms with van der Waals surface area (Å²) in [6, 6.07) is 9.37. The fourth-order valence-corrected chi connectivity index (χ4v) is 4.24. The smallest absolute Gasteiger partial charge is 0.262 e. The van der Waals surface area contributed by atoms with Crippen molar-refractivity contribution < 1.29 is 9.53 Å². The van der Waals surface area contributed by atoms with E-state index in [1.165, 1.54) is 0 Å². The number of benzene rings is 2. The Morgan fingerprint density at radius 1 is 1.21 bits per heavy atom. The number of nitrogens with zero attached hydrogens (tertiary/aromatic N) is 2. The van der Waals surface area contributed by atoms with Crippen LogP contribution >= 0.6 is 23.2 Å². The van der Waals surface area contributed by atoms with E-state index in [4.69, 9.17) is 27.9 Å². The summed E-state index contributed by atoms with van der Waals surface area (Å²) in [5, 5.41) is 12.2. The molecule has 0 spiro atoms. The van der Waals surface area contributed by atoms with Gasteiger partial charge >= 0.3 is 0 Å². The number of amides is 1. The average molecular weight is 432 g/mol. The minimum Gasteiger partial charge on any atom is -0.483 e. The zero-order valence-corrected chi connectivity index (χ0v) is 17.1. The van der Waals surface area contributed by atoms with E-state index in [0.717, 1.165) is 35.6 Å². The summed E-state index contributed by atoms with van der Waals surface area (Å²) in [6.45, 7) is 3.91. The van der Waals surface area contributed by atoms with Crippen molar-refractivity contribution in [1.29, 1.82) is 0 Å². The number of carbonyl (C=O) groups is 1. The van der Waals surface area contributed by atoms with E-state index >= 15 is 0 Å². The van der Waals surface area contributed by atoms with Crippen molar-refractivity contribution in [3.63, 3.8) is 0 Å². The second-order valence-corrected chi connectivity index (χ2v) is 8.17. The molecule has 0 aliphatic carbocycles. The quantitative estimate of drug-likeness (QED) is 0.695. The lowest BCUT2D eigenvalue weighted by atomic mass is 9.99. The lowest BCUT2D eigenvalue weighted by Gasteiger charge is -2.39. The van der Waals surface area contributed by atoms with Crippen LogP contribution in [0.2, 0.25) is 10.0 Å². The van der Waals surface area contributed by atoms with Gasteiger partial charge in [-0.3, -0.25) is 4.79 Å². The van der Waals surface area contributed by atoms with Crippen molar-refractivity contribution >= 4 is 46.3 Å². The van der Waals surface area contributed by atoms with Gasteiger partial charge in [0.2, 0.25) is 0 Å². The molecule has 0 aromatic heterocycles. The summed E-state index contributed by atoms with van der Waals surface area (Å²) >= 11 is 12.6. The highest BCUT2D eigenvalue weighted by molar-refractivity contribution is 6.36. The fraction of sp³-hybridized carbons (Fsp3) is 0.300. The van der Waals surface area contributed by atoms with Gasteiger partial charge in [0.25, 0.3) is 5.91 Å². The van der Waals surface area contributed by atoms with Crippen LogP contribution in [-0.4, -0.2) is 43.5 Å². The van der Waals surface area contributed by atoms with E-state index in [1.54, 1.807) is 6.07 Å². The highest BCUT2D eigenvalue weighted by Crippen LogP contribution is 2.44. The monoisotopic (exact) mass is 431 g/mol. The van der Waals surface area contributed by atoms with E-state index in [1.807, 2.05) is 36.1 Å². The van der Waals surface area contributed by atoms with Crippen LogP contribution in [0.4, 0.5) is 11.4 Å². The molecule has 3 aliphatic rings. The molecule has 3 heterocycles. The van der Waals surface area contributed by atoms with E-state index in [2.05, 4.69) is 21.2 Å². The van der Waals surface area contributed by atoms with Gasteiger partial charge in [0.1, 0.15) is 18.4 Å². The minimum absolute atomic E-state index is 0.149. The predicted octanol–water partition coefficient (Wildman–Crippen LogP) is 3.07. The zero-order valence-electron chi connectivity index (χ0n) is 15.6. The molecular weight excluding hydrogens is 413 g/mol. The Labute approximate surface area is 178 Å². The largest absolute Gasteiger partial charge is 0.483 e. The Kier molecular flexibility index (Phi) is 4.53. The third-order valence-electron chi connectivity index (χ3n) is 5.42. The second kappa shape index (κ2) is 7.09. The van der Waals surface area contributed by atoms with Crippen LogP contribution in [0.5, 0.6) is 5.75 Å². The Bertz CT molecular complexity index is 1040. The van der Waals surface area contributed by atoms with E-state index < -0.39 is 0 Å². The number of hydrogen-bond donors (Lipinski definition) is 3. The molecule has 0 radical (unpaired) electrons. The standard InChI is InChI=1S/C20H19Cl2N5O2/c1-10-20(28)26-25-19-9-29-18-5-14(13-3-2-11(21)4-15(13)22)16(6-17(18)27(10)19)24-12-7-23-8-12/h2-6,10,12,23-24H,7-9H2,1H3,(H,26,28)/t10-/m0/s1. The number of ether oxygens (including phenoxy) is 1. The first-order valence-electron chi connectivity index (χ1n) is 9.40. The van der Waals surface area contributed by atoms with Crippen LogP contribution in [-0.2, 0) is 4.79 Å². The molecular formula is C20H19Cl2N5O2. The number of carbonyl (C=O) groups excluding carboxylic acids is 1. The molecule has 7 nitrogen and oxygen atoms in total. The van der Waals surface area contributed by atoms with Gasteiger partial charge in [0.05, 0.1) is 11.7 Å². The highest BCUT2D eigenvalue weighted by Gasteiger charge is 2.36. The van der Waals surface area contributed by atoms with Crippen molar-refractivity contribution in [3.8, 4) is 16.9 Å². The first-order valence-corrected chi connectivity index (χ1v) is 10.2. The van der Waals surface area contributed by atoms with Crippen molar-refractivity contribution in [3.05, 3.63) is 40.4 Å². The summed E-state index contributed by atoms with van der Waals surface area (Å²) in [6.07, 6.45) is 0. The maximum absolute atomic E-state index is 12.2. The van der Waals surface area contributed by atoms with Gasteiger partial charge in [0, 0.05) is 39.9 Å². The molecule has 1 saturated heterocycles. The molecule has 3 aliphatic heterocycles. The Balaban J connectivity index is 1.65. The molecule has 5 rings (SSSR count). The van der Waals surface area contributed by atoms with Gasteiger partial charge in [-0.25, -0.2) is 5.43 Å². The van der Waals surface area contributed by atoms with E-state index in [-0.39, 0.29) is 18.6 Å². The number of hydrogen-bond acceptors (Lipinski definition) is 6. The highest BCUT2D eigenvalue weighted by atomic mass is 35.5. The molecule has 2 aromatic rings. The van der Waals surface area contributed by atoms with E-state index in [9.17, 15) is 4.79 Å². The number of anilines is 2. The number of nitrogens with one attached hydrogen (secondary N) is 3. The summed E-state index contributed by atoms with van der Waals surface area (Å²) < 4.78 is 5.97. The Morgan fingerprint density at radius 2 is 2.03 bits per heavy atom. The summed E-state index contributed by atoms with van der Waals surface area (Å²) in [5.74, 6) is 1.21. The molecule has 3 N–H and O–H groups in total. The first-order chi connectivity index (χ1) is 14.0. The SMILES string of the molecule is C[C@H]1C(=O)NN=C2COc3cc(-c4ccc(Cl)cc4Cl)c(NC4CNC4)cc3N21. The van der Waals surface area contributed by atoms with Crippen LogP contribution in [0.3, 0.4) is 0 Å². The zero-order chi connectivity index (χ0) is 20.1. The number of halogens is 2. The van der Waals surface area contributed by atoms with Crippen molar-refractivity contribution in [2.75, 3.05) is 29.9 Å². The van der Waals surface area contributed by atoms with Gasteiger partial charge in [-0.05, 0) is 31.2 Å². The number of amidine groups is 1. The maximum Gasteiger partial charge on any atom is 0.262 e. The normalized spacial score (nSPS) is 20.7.